The van der Waals surface area contributed by atoms with Gasteiger partial charge in [0.25, 0.3) is 15.7 Å². The molecule has 0 saturated heterocycles. The van der Waals surface area contributed by atoms with Gasteiger partial charge < -0.3 is 0 Å². The summed E-state index contributed by atoms with van der Waals surface area (Å²) in [5, 5.41) is 11.0. The van der Waals surface area contributed by atoms with Crippen molar-refractivity contribution in [3.05, 3.63) is 70.1 Å². The van der Waals surface area contributed by atoms with Crippen molar-refractivity contribution in [2.75, 3.05) is 0 Å². The van der Waals surface area contributed by atoms with Gasteiger partial charge in [0.1, 0.15) is 0 Å². The molecule has 0 amide bonds. The molecule has 1 aromatic heterocycles. The number of benzene rings is 2. The maximum Gasteiger partial charge on any atom is 0.299 e. The quantitative estimate of drug-likeness (QED) is 0.539. The Labute approximate surface area is 149 Å². The molecule has 0 unspecified atom stereocenters. The summed E-state index contributed by atoms with van der Waals surface area (Å²) in [6.45, 7) is 3.35. The number of H-pyrrole nitrogens is 1. The summed E-state index contributed by atoms with van der Waals surface area (Å²) in [7, 11) is -4.28. The Kier molecular flexibility index (Phi) is 4.58. The molecule has 0 aliphatic heterocycles. The largest absolute Gasteiger partial charge is 0.299 e. The lowest BCUT2D eigenvalue weighted by Gasteiger charge is -2.01. The van der Waals surface area contributed by atoms with Gasteiger partial charge in [-0.25, -0.2) is 4.68 Å². The Bertz CT molecular complexity index is 1150. The fourth-order valence-corrected chi connectivity index (χ4v) is 2.98. The Morgan fingerprint density at radius 3 is 2.35 bits per heavy atom. The monoisotopic (exact) mass is 372 g/mol. The molecule has 0 bridgehead atoms. The predicted molar refractivity (Wildman–Crippen MR) is 96.3 cm³/mol. The van der Waals surface area contributed by atoms with Crippen LogP contribution in [-0.2, 0) is 10.1 Å². The molecular formula is C17H16N4O4S. The molecule has 0 spiro atoms. The molecule has 1 heterocycles. The lowest BCUT2D eigenvalue weighted by Crippen LogP contribution is -2.13. The normalized spacial score (nSPS) is 12.0. The SMILES string of the molecule is Cc1cc(S(=O)(=O)O)ccc1N=Nc1c(C)[nH]n(-c2ccccc2)c1=O. The third-order valence-corrected chi connectivity index (χ3v) is 4.63. The fraction of sp³-hybridized carbons (Fsp3) is 0.118. The average Bonchev–Trinajstić information content (AvgIpc) is 2.88. The highest BCUT2D eigenvalue weighted by molar-refractivity contribution is 7.85. The number of aryl methyl sites for hydroxylation is 2. The van der Waals surface area contributed by atoms with Crippen LogP contribution in [0.15, 0.2) is 68.4 Å². The molecule has 0 fully saturated rings. The Balaban J connectivity index is 1.98. The van der Waals surface area contributed by atoms with E-state index in [0.29, 0.717) is 22.6 Å². The van der Waals surface area contributed by atoms with Gasteiger partial charge in [-0.1, -0.05) is 18.2 Å². The first kappa shape index (κ1) is 17.8. The smallest absolute Gasteiger partial charge is 0.293 e. The molecular weight excluding hydrogens is 356 g/mol. The van der Waals surface area contributed by atoms with Crippen LogP contribution < -0.4 is 5.56 Å². The average molecular weight is 372 g/mol. The van der Waals surface area contributed by atoms with E-state index < -0.39 is 10.1 Å². The van der Waals surface area contributed by atoms with E-state index in [0.717, 1.165) is 0 Å². The molecule has 0 radical (unpaired) electrons. The number of nitrogens with zero attached hydrogens (tertiary/aromatic N) is 3. The van der Waals surface area contributed by atoms with E-state index >= 15 is 0 Å². The van der Waals surface area contributed by atoms with Gasteiger partial charge in [-0.15, -0.1) is 5.11 Å². The van der Waals surface area contributed by atoms with Crippen molar-refractivity contribution in [3.8, 4) is 5.69 Å². The predicted octanol–water partition coefficient (Wildman–Crippen LogP) is 3.44. The minimum Gasteiger partial charge on any atom is -0.293 e. The molecule has 0 aliphatic carbocycles. The van der Waals surface area contributed by atoms with Crippen molar-refractivity contribution < 1.29 is 13.0 Å². The van der Waals surface area contributed by atoms with Gasteiger partial charge in [0.15, 0.2) is 5.69 Å². The maximum absolute atomic E-state index is 12.5. The van der Waals surface area contributed by atoms with E-state index in [1.165, 1.54) is 22.9 Å². The molecule has 0 aliphatic rings. The minimum absolute atomic E-state index is 0.159. The first-order valence-electron chi connectivity index (χ1n) is 7.64. The molecule has 3 aromatic rings. The topological polar surface area (TPSA) is 117 Å². The number of aromatic amines is 1. The van der Waals surface area contributed by atoms with Gasteiger partial charge in [0.2, 0.25) is 0 Å². The summed E-state index contributed by atoms with van der Waals surface area (Å²) < 4.78 is 32.8. The Hall–Kier alpha value is -3.04. The van der Waals surface area contributed by atoms with Crippen molar-refractivity contribution in [2.45, 2.75) is 18.7 Å². The standard InChI is InChI=1S/C17H16N4O4S/c1-11-10-14(26(23,24)25)8-9-15(11)18-19-16-12(2)20-21(17(16)22)13-6-4-3-5-7-13/h3-10,20H,1-2H3,(H,23,24,25). The number of azo groups is 1. The second kappa shape index (κ2) is 6.70. The minimum atomic E-state index is -4.28. The molecule has 0 atom stereocenters. The molecule has 3 rings (SSSR count). The van der Waals surface area contributed by atoms with Crippen LogP contribution in [0.5, 0.6) is 0 Å². The zero-order chi connectivity index (χ0) is 18.9. The van der Waals surface area contributed by atoms with Crippen molar-refractivity contribution in [2.24, 2.45) is 10.2 Å². The van der Waals surface area contributed by atoms with Crippen molar-refractivity contribution in [3.63, 3.8) is 0 Å². The van der Waals surface area contributed by atoms with Crippen molar-refractivity contribution >= 4 is 21.5 Å². The van der Waals surface area contributed by atoms with Gasteiger partial charge >= 0.3 is 0 Å². The van der Waals surface area contributed by atoms with Crippen LogP contribution in [0.3, 0.4) is 0 Å². The van der Waals surface area contributed by atoms with E-state index in [-0.39, 0.29) is 16.1 Å². The Morgan fingerprint density at radius 2 is 1.73 bits per heavy atom. The number of rotatable bonds is 4. The van der Waals surface area contributed by atoms with Gasteiger partial charge in [-0.05, 0) is 49.7 Å². The van der Waals surface area contributed by atoms with Crippen LogP contribution in [0.2, 0.25) is 0 Å². The highest BCUT2D eigenvalue weighted by Gasteiger charge is 2.13. The molecule has 8 nitrogen and oxygen atoms in total. The van der Waals surface area contributed by atoms with E-state index in [9.17, 15) is 13.2 Å². The van der Waals surface area contributed by atoms with Crippen LogP contribution in [0.1, 0.15) is 11.3 Å². The second-order valence-electron chi connectivity index (χ2n) is 5.68. The Morgan fingerprint density at radius 1 is 1.04 bits per heavy atom. The molecule has 134 valence electrons. The lowest BCUT2D eigenvalue weighted by atomic mass is 10.2. The summed E-state index contributed by atoms with van der Waals surface area (Å²) >= 11 is 0. The van der Waals surface area contributed by atoms with E-state index in [2.05, 4.69) is 15.3 Å². The molecule has 26 heavy (non-hydrogen) atoms. The summed E-state index contributed by atoms with van der Waals surface area (Å²) in [4.78, 5) is 12.3. The first-order chi connectivity index (χ1) is 12.3. The van der Waals surface area contributed by atoms with E-state index in [4.69, 9.17) is 4.55 Å². The third-order valence-electron chi connectivity index (χ3n) is 3.78. The van der Waals surface area contributed by atoms with Crippen molar-refractivity contribution in [1.82, 2.24) is 9.78 Å². The number of para-hydroxylation sites is 1. The highest BCUT2D eigenvalue weighted by Crippen LogP contribution is 2.24. The highest BCUT2D eigenvalue weighted by atomic mass is 32.2. The summed E-state index contributed by atoms with van der Waals surface area (Å²) in [6.07, 6.45) is 0. The summed E-state index contributed by atoms with van der Waals surface area (Å²) in [5.74, 6) is 0. The van der Waals surface area contributed by atoms with Crippen LogP contribution in [-0.4, -0.2) is 22.8 Å². The van der Waals surface area contributed by atoms with Crippen molar-refractivity contribution in [1.29, 1.82) is 0 Å². The third kappa shape index (κ3) is 3.48. The zero-order valence-corrected chi connectivity index (χ0v) is 14.9. The second-order valence-corrected chi connectivity index (χ2v) is 7.11. The summed E-state index contributed by atoms with van der Waals surface area (Å²) in [5.41, 5.74) is 1.94. The van der Waals surface area contributed by atoms with Gasteiger partial charge in [0, 0.05) is 0 Å². The number of hydrogen-bond acceptors (Lipinski definition) is 5. The van der Waals surface area contributed by atoms with Gasteiger partial charge in [-0.3, -0.25) is 14.4 Å². The van der Waals surface area contributed by atoms with Gasteiger partial charge in [0.05, 0.1) is 22.0 Å². The molecule has 0 saturated carbocycles. The van der Waals surface area contributed by atoms with E-state index in [1.54, 1.807) is 26.0 Å². The number of aromatic nitrogens is 2. The number of hydrogen-bond donors (Lipinski definition) is 2. The maximum atomic E-state index is 12.5. The molecule has 2 aromatic carbocycles. The fourth-order valence-electron chi connectivity index (χ4n) is 2.42. The van der Waals surface area contributed by atoms with Crippen LogP contribution >= 0.6 is 0 Å². The zero-order valence-electron chi connectivity index (χ0n) is 14.0. The van der Waals surface area contributed by atoms with E-state index in [1.807, 2.05) is 18.2 Å². The lowest BCUT2D eigenvalue weighted by molar-refractivity contribution is 0.483. The molecule has 2 N–H and O–H groups in total. The summed E-state index contributed by atoms with van der Waals surface area (Å²) in [6, 6.07) is 13.0. The van der Waals surface area contributed by atoms with Crippen LogP contribution in [0.4, 0.5) is 11.4 Å². The van der Waals surface area contributed by atoms with Crippen LogP contribution in [0.25, 0.3) is 5.69 Å². The molecule has 9 heteroatoms. The van der Waals surface area contributed by atoms with Gasteiger partial charge in [-0.2, -0.15) is 13.5 Å². The first-order valence-corrected chi connectivity index (χ1v) is 9.08. The van der Waals surface area contributed by atoms with Crippen LogP contribution in [0, 0.1) is 13.8 Å². The number of nitrogens with one attached hydrogen (secondary N) is 1.